The summed E-state index contributed by atoms with van der Waals surface area (Å²) in [6.07, 6.45) is 0. The van der Waals surface area contributed by atoms with Gasteiger partial charge in [-0.2, -0.15) is 0 Å². The summed E-state index contributed by atoms with van der Waals surface area (Å²) >= 11 is 0. The summed E-state index contributed by atoms with van der Waals surface area (Å²) in [7, 11) is -3.63. The van der Waals surface area contributed by atoms with Crippen molar-refractivity contribution in [2.24, 2.45) is 0 Å². The number of nitrogens with one attached hydrogen (secondary N) is 1. The number of benzene rings is 2. The minimum Gasteiger partial charge on any atom is -0.490 e. The molecule has 0 aromatic heterocycles. The van der Waals surface area contributed by atoms with Crippen molar-refractivity contribution in [2.45, 2.75) is 4.90 Å². The zero-order valence-electron chi connectivity index (χ0n) is 12.4. The molecule has 0 fully saturated rings. The number of fused-ring (bicyclic) bond motifs is 1. The second kappa shape index (κ2) is 6.55. The molecule has 0 saturated carbocycles. The van der Waals surface area contributed by atoms with Crippen LogP contribution in [-0.2, 0) is 10.0 Å². The summed E-state index contributed by atoms with van der Waals surface area (Å²) in [4.78, 5) is 2.13. The summed E-state index contributed by atoms with van der Waals surface area (Å²) in [5.74, 6) is 0.342. The Labute approximate surface area is 134 Å². The maximum atomic E-state index is 12.9. The van der Waals surface area contributed by atoms with E-state index in [4.69, 9.17) is 4.74 Å². The van der Waals surface area contributed by atoms with Gasteiger partial charge in [0.05, 0.1) is 17.1 Å². The Morgan fingerprint density at radius 1 is 1.13 bits per heavy atom. The first-order valence-corrected chi connectivity index (χ1v) is 8.76. The molecule has 1 heterocycles. The van der Waals surface area contributed by atoms with E-state index in [9.17, 15) is 12.8 Å². The quantitative estimate of drug-likeness (QED) is 0.907. The Hall–Kier alpha value is -2.12. The van der Waals surface area contributed by atoms with Crippen molar-refractivity contribution in [1.82, 2.24) is 4.72 Å². The van der Waals surface area contributed by atoms with Gasteiger partial charge in [-0.1, -0.05) is 12.1 Å². The molecular formula is C16H17FN2O3S. The summed E-state index contributed by atoms with van der Waals surface area (Å²) in [5, 5.41) is 0. The highest BCUT2D eigenvalue weighted by Crippen LogP contribution is 2.30. The molecule has 122 valence electrons. The highest BCUT2D eigenvalue weighted by atomic mass is 32.2. The van der Waals surface area contributed by atoms with Crippen LogP contribution in [0.4, 0.5) is 10.1 Å². The number of ether oxygens (including phenoxy) is 1. The summed E-state index contributed by atoms with van der Waals surface area (Å²) in [5.41, 5.74) is 0.958. The van der Waals surface area contributed by atoms with Crippen LogP contribution in [0.25, 0.3) is 0 Å². The fraction of sp³-hybridized carbons (Fsp3) is 0.250. The fourth-order valence-electron chi connectivity index (χ4n) is 2.47. The highest BCUT2D eigenvalue weighted by Gasteiger charge is 2.18. The normalized spacial score (nSPS) is 14.2. The molecule has 0 atom stereocenters. The number of nitrogens with zero attached hydrogens (tertiary/aromatic N) is 1. The van der Waals surface area contributed by atoms with Gasteiger partial charge in [-0.3, -0.25) is 0 Å². The van der Waals surface area contributed by atoms with Gasteiger partial charge in [0.2, 0.25) is 10.0 Å². The zero-order valence-corrected chi connectivity index (χ0v) is 13.2. The van der Waals surface area contributed by atoms with E-state index in [1.165, 1.54) is 12.1 Å². The van der Waals surface area contributed by atoms with E-state index in [1.54, 1.807) is 0 Å². The average Bonchev–Trinajstić information content (AvgIpc) is 2.55. The SMILES string of the molecule is O=S(=O)(NCCN1CCOc2ccccc21)c1ccc(F)cc1. The van der Waals surface area contributed by atoms with Gasteiger partial charge >= 0.3 is 0 Å². The van der Waals surface area contributed by atoms with Crippen LogP contribution in [0.15, 0.2) is 53.4 Å². The maximum Gasteiger partial charge on any atom is 0.240 e. The van der Waals surface area contributed by atoms with Gasteiger partial charge in [-0.25, -0.2) is 17.5 Å². The third-order valence-corrected chi connectivity index (χ3v) is 5.10. The molecule has 0 spiro atoms. The lowest BCUT2D eigenvalue weighted by Crippen LogP contribution is -2.39. The van der Waals surface area contributed by atoms with Gasteiger partial charge in [0.25, 0.3) is 0 Å². The lowest BCUT2D eigenvalue weighted by Gasteiger charge is -2.31. The lowest BCUT2D eigenvalue weighted by atomic mass is 10.2. The summed E-state index contributed by atoms with van der Waals surface area (Å²) in [6.45, 7) is 2.06. The van der Waals surface area contributed by atoms with Crippen molar-refractivity contribution in [3.8, 4) is 5.75 Å². The van der Waals surface area contributed by atoms with E-state index in [1.807, 2.05) is 24.3 Å². The molecule has 0 saturated heterocycles. The minimum absolute atomic E-state index is 0.0567. The number of halogens is 1. The molecule has 7 heteroatoms. The standard InChI is InChI=1S/C16H17FN2O3S/c17-13-5-7-14(8-6-13)23(20,21)18-9-10-19-11-12-22-16-4-2-1-3-15(16)19/h1-8,18H,9-12H2. The van der Waals surface area contributed by atoms with Crippen molar-refractivity contribution in [3.05, 3.63) is 54.3 Å². The summed E-state index contributed by atoms with van der Waals surface area (Å²) in [6, 6.07) is 12.4. The van der Waals surface area contributed by atoms with Crippen molar-refractivity contribution in [2.75, 3.05) is 31.1 Å². The number of hydrogen-bond acceptors (Lipinski definition) is 4. The van der Waals surface area contributed by atoms with E-state index < -0.39 is 15.8 Å². The monoisotopic (exact) mass is 336 g/mol. The number of sulfonamides is 1. The first-order chi connectivity index (χ1) is 11.1. The molecular weight excluding hydrogens is 319 g/mol. The predicted octanol–water partition coefficient (Wildman–Crippen LogP) is 2.00. The third-order valence-electron chi connectivity index (χ3n) is 3.62. The van der Waals surface area contributed by atoms with Crippen LogP contribution >= 0.6 is 0 Å². The van der Waals surface area contributed by atoms with Gasteiger partial charge in [0, 0.05) is 13.1 Å². The molecule has 2 aromatic carbocycles. The molecule has 1 aliphatic rings. The highest BCUT2D eigenvalue weighted by molar-refractivity contribution is 7.89. The first-order valence-electron chi connectivity index (χ1n) is 7.28. The Morgan fingerprint density at radius 2 is 1.87 bits per heavy atom. The molecule has 23 heavy (non-hydrogen) atoms. The smallest absolute Gasteiger partial charge is 0.240 e. The second-order valence-corrected chi connectivity index (χ2v) is 6.92. The molecule has 0 unspecified atom stereocenters. The molecule has 1 aliphatic heterocycles. The molecule has 3 rings (SSSR count). The number of anilines is 1. The molecule has 0 radical (unpaired) electrons. The van der Waals surface area contributed by atoms with Gasteiger partial charge in [0.1, 0.15) is 18.2 Å². The van der Waals surface area contributed by atoms with Crippen LogP contribution in [0.2, 0.25) is 0 Å². The third kappa shape index (κ3) is 3.62. The predicted molar refractivity (Wildman–Crippen MR) is 85.7 cm³/mol. The Bertz CT molecular complexity index is 778. The number of para-hydroxylation sites is 2. The Morgan fingerprint density at radius 3 is 2.65 bits per heavy atom. The average molecular weight is 336 g/mol. The van der Waals surface area contributed by atoms with Crippen molar-refractivity contribution in [1.29, 1.82) is 0 Å². The van der Waals surface area contributed by atoms with Crippen molar-refractivity contribution >= 4 is 15.7 Å². The minimum atomic E-state index is -3.63. The fourth-order valence-corrected chi connectivity index (χ4v) is 3.49. The summed E-state index contributed by atoms with van der Waals surface area (Å²) < 4.78 is 45.3. The Kier molecular flexibility index (Phi) is 4.49. The molecule has 2 aromatic rings. The van der Waals surface area contributed by atoms with E-state index in [0.29, 0.717) is 19.7 Å². The van der Waals surface area contributed by atoms with Gasteiger partial charge in [-0.05, 0) is 36.4 Å². The van der Waals surface area contributed by atoms with Crippen molar-refractivity contribution in [3.63, 3.8) is 0 Å². The molecule has 5 nitrogen and oxygen atoms in total. The van der Waals surface area contributed by atoms with E-state index >= 15 is 0 Å². The van der Waals surface area contributed by atoms with Crippen LogP contribution in [-0.4, -0.2) is 34.7 Å². The van der Waals surface area contributed by atoms with Crippen LogP contribution < -0.4 is 14.4 Å². The second-order valence-electron chi connectivity index (χ2n) is 5.15. The maximum absolute atomic E-state index is 12.9. The van der Waals surface area contributed by atoms with Crippen LogP contribution in [0.3, 0.4) is 0 Å². The lowest BCUT2D eigenvalue weighted by molar-refractivity contribution is 0.308. The van der Waals surface area contributed by atoms with Crippen LogP contribution in [0.1, 0.15) is 0 Å². The molecule has 0 aliphatic carbocycles. The van der Waals surface area contributed by atoms with E-state index in [0.717, 1.165) is 23.6 Å². The van der Waals surface area contributed by atoms with Crippen LogP contribution in [0.5, 0.6) is 5.75 Å². The van der Waals surface area contributed by atoms with E-state index in [-0.39, 0.29) is 11.4 Å². The number of rotatable bonds is 5. The number of hydrogen-bond donors (Lipinski definition) is 1. The zero-order chi connectivity index (χ0) is 16.3. The van der Waals surface area contributed by atoms with Gasteiger partial charge < -0.3 is 9.64 Å². The molecule has 0 bridgehead atoms. The van der Waals surface area contributed by atoms with Gasteiger partial charge in [0.15, 0.2) is 0 Å². The molecule has 0 amide bonds. The molecule has 1 N–H and O–H groups in total. The Balaban J connectivity index is 1.63. The topological polar surface area (TPSA) is 58.6 Å². The van der Waals surface area contributed by atoms with Gasteiger partial charge in [-0.15, -0.1) is 0 Å². The van der Waals surface area contributed by atoms with Crippen LogP contribution in [0, 0.1) is 5.82 Å². The largest absolute Gasteiger partial charge is 0.490 e. The van der Waals surface area contributed by atoms with Crippen molar-refractivity contribution < 1.29 is 17.5 Å². The first kappa shape index (κ1) is 15.8. The van der Waals surface area contributed by atoms with E-state index in [2.05, 4.69) is 9.62 Å².